The van der Waals surface area contributed by atoms with Crippen molar-refractivity contribution in [2.24, 2.45) is 11.8 Å². The normalized spacial score (nSPS) is 13.8. The first-order chi connectivity index (χ1) is 14.9. The van der Waals surface area contributed by atoms with Crippen molar-refractivity contribution in [3.8, 4) is 0 Å². The first-order valence-electron chi connectivity index (χ1n) is 10.9. The summed E-state index contributed by atoms with van der Waals surface area (Å²) in [4.78, 5) is 46.4. The topological polar surface area (TPSA) is 125 Å². The predicted octanol–water partition coefficient (Wildman–Crippen LogP) is 2.73. The number of carbonyl (C=O) groups is 4. The van der Waals surface area contributed by atoms with E-state index in [1.807, 2.05) is 27.7 Å². The second-order valence-electron chi connectivity index (χ2n) is 8.35. The largest absolute Gasteiger partial charge is 0.462 e. The molecule has 0 aromatic rings. The quantitative estimate of drug-likeness (QED) is 0.161. The molecule has 0 aliphatic heterocycles. The fraction of sp³-hybridized carbons (Fsp3) is 0.739. The van der Waals surface area contributed by atoms with Gasteiger partial charge in [-0.25, -0.2) is 4.79 Å². The lowest BCUT2D eigenvalue weighted by atomic mass is 9.95. The molecule has 9 nitrogen and oxygen atoms in total. The first-order valence-corrected chi connectivity index (χ1v) is 10.9. The number of carbonyl (C=O) groups excluding carboxylic acids is 4. The van der Waals surface area contributed by atoms with Gasteiger partial charge in [0.15, 0.2) is 0 Å². The highest BCUT2D eigenvalue weighted by Gasteiger charge is 2.26. The Balaban J connectivity index is 4.76. The summed E-state index contributed by atoms with van der Waals surface area (Å²) in [5.41, 5.74) is 0. The van der Waals surface area contributed by atoms with Gasteiger partial charge in [0.05, 0.1) is 18.9 Å². The molecule has 0 radical (unpaired) electrons. The second kappa shape index (κ2) is 16.2. The van der Waals surface area contributed by atoms with Crippen molar-refractivity contribution in [3.63, 3.8) is 0 Å². The van der Waals surface area contributed by atoms with Crippen LogP contribution in [0.1, 0.15) is 66.7 Å². The van der Waals surface area contributed by atoms with Crippen LogP contribution >= 0.6 is 0 Å². The van der Waals surface area contributed by atoms with E-state index in [1.165, 1.54) is 6.92 Å². The number of ether oxygens (including phenoxy) is 4. The van der Waals surface area contributed by atoms with Crippen molar-refractivity contribution in [1.29, 1.82) is 0 Å². The Hall–Kier alpha value is -2.42. The Kier molecular flexibility index (Phi) is 15.0. The van der Waals surface area contributed by atoms with Crippen LogP contribution in [0, 0.1) is 11.8 Å². The van der Waals surface area contributed by atoms with Gasteiger partial charge < -0.3 is 24.1 Å². The smallest absolute Gasteiger partial charge is 0.330 e. The summed E-state index contributed by atoms with van der Waals surface area (Å²) < 4.78 is 20.4. The molecule has 184 valence electrons. The van der Waals surface area contributed by atoms with Gasteiger partial charge in [-0.15, -0.1) is 0 Å². The van der Waals surface area contributed by atoms with E-state index in [0.29, 0.717) is 6.42 Å². The third-order valence-corrected chi connectivity index (χ3v) is 4.46. The number of hydrogen-bond acceptors (Lipinski definition) is 9. The minimum Gasteiger partial charge on any atom is -0.462 e. The summed E-state index contributed by atoms with van der Waals surface area (Å²) >= 11 is 0. The van der Waals surface area contributed by atoms with E-state index >= 15 is 0 Å². The van der Waals surface area contributed by atoms with Gasteiger partial charge in [0.25, 0.3) is 0 Å². The monoisotopic (exact) mass is 458 g/mol. The van der Waals surface area contributed by atoms with Gasteiger partial charge in [-0.2, -0.15) is 0 Å². The van der Waals surface area contributed by atoms with Crippen LogP contribution in [0.2, 0.25) is 0 Å². The zero-order valence-corrected chi connectivity index (χ0v) is 19.8. The number of rotatable bonds is 16. The predicted molar refractivity (Wildman–Crippen MR) is 116 cm³/mol. The van der Waals surface area contributed by atoms with E-state index in [-0.39, 0.29) is 50.7 Å². The number of esters is 4. The molecule has 3 unspecified atom stereocenters. The summed E-state index contributed by atoms with van der Waals surface area (Å²) in [6.45, 7) is 12.0. The van der Waals surface area contributed by atoms with Crippen LogP contribution in [0.3, 0.4) is 0 Å². The van der Waals surface area contributed by atoms with Crippen LogP contribution in [0.5, 0.6) is 0 Å². The lowest BCUT2D eigenvalue weighted by Gasteiger charge is -2.27. The van der Waals surface area contributed by atoms with Crippen molar-refractivity contribution in [3.05, 3.63) is 12.7 Å². The van der Waals surface area contributed by atoms with Gasteiger partial charge in [-0.3, -0.25) is 14.4 Å². The summed E-state index contributed by atoms with van der Waals surface area (Å²) in [6, 6.07) is 0. The maximum Gasteiger partial charge on any atom is 0.330 e. The van der Waals surface area contributed by atoms with Crippen LogP contribution in [-0.2, 0) is 38.1 Å². The molecule has 0 saturated carbocycles. The molecule has 0 spiro atoms. The Bertz CT molecular complexity index is 613. The summed E-state index contributed by atoms with van der Waals surface area (Å²) in [5.74, 6) is -2.08. The molecule has 1 N–H and O–H groups in total. The highest BCUT2D eigenvalue weighted by atomic mass is 16.6. The first kappa shape index (κ1) is 29.6. The Labute approximate surface area is 190 Å². The van der Waals surface area contributed by atoms with Gasteiger partial charge in [0.1, 0.15) is 25.4 Å². The number of aliphatic hydroxyl groups excluding tert-OH is 1. The van der Waals surface area contributed by atoms with Gasteiger partial charge in [0.2, 0.25) is 0 Å². The lowest BCUT2D eigenvalue weighted by molar-refractivity contribution is -0.159. The van der Waals surface area contributed by atoms with Crippen molar-refractivity contribution in [1.82, 2.24) is 0 Å². The Morgan fingerprint density at radius 3 is 1.94 bits per heavy atom. The molecule has 0 aromatic carbocycles. The van der Waals surface area contributed by atoms with Crippen molar-refractivity contribution < 1.29 is 43.2 Å². The summed E-state index contributed by atoms with van der Waals surface area (Å²) in [6.07, 6.45) is -0.190. The van der Waals surface area contributed by atoms with Gasteiger partial charge in [-0.05, 0) is 18.3 Å². The van der Waals surface area contributed by atoms with Crippen LogP contribution in [0.25, 0.3) is 0 Å². The molecule has 0 rings (SSSR count). The van der Waals surface area contributed by atoms with E-state index in [4.69, 9.17) is 14.2 Å². The Morgan fingerprint density at radius 1 is 0.844 bits per heavy atom. The third-order valence-electron chi connectivity index (χ3n) is 4.46. The van der Waals surface area contributed by atoms with E-state index in [0.717, 1.165) is 6.08 Å². The second-order valence-corrected chi connectivity index (χ2v) is 8.35. The molecule has 0 heterocycles. The van der Waals surface area contributed by atoms with Gasteiger partial charge in [0, 0.05) is 25.8 Å². The molecule has 0 fully saturated rings. The van der Waals surface area contributed by atoms with Crippen LogP contribution in [-0.4, -0.2) is 60.5 Å². The number of hydrogen-bond donors (Lipinski definition) is 1. The summed E-state index contributed by atoms with van der Waals surface area (Å²) in [5, 5.41) is 10.3. The highest BCUT2D eigenvalue weighted by molar-refractivity contribution is 5.81. The fourth-order valence-corrected chi connectivity index (χ4v) is 2.86. The van der Waals surface area contributed by atoms with Crippen molar-refractivity contribution >= 4 is 23.9 Å². The van der Waals surface area contributed by atoms with Gasteiger partial charge in [-0.1, -0.05) is 34.3 Å². The van der Waals surface area contributed by atoms with Crippen molar-refractivity contribution in [2.45, 2.75) is 85.0 Å². The zero-order valence-electron chi connectivity index (χ0n) is 19.8. The van der Waals surface area contributed by atoms with E-state index in [9.17, 15) is 24.3 Å². The van der Waals surface area contributed by atoms with Crippen molar-refractivity contribution in [2.75, 3.05) is 13.2 Å². The molecular formula is C23H38O9. The molecule has 9 heteroatoms. The Morgan fingerprint density at radius 2 is 1.41 bits per heavy atom. The highest BCUT2D eigenvalue weighted by Crippen LogP contribution is 2.21. The van der Waals surface area contributed by atoms with Gasteiger partial charge >= 0.3 is 23.9 Å². The fourth-order valence-electron chi connectivity index (χ4n) is 2.86. The summed E-state index contributed by atoms with van der Waals surface area (Å²) in [7, 11) is 0. The van der Waals surface area contributed by atoms with E-state index in [2.05, 4.69) is 11.3 Å². The minimum absolute atomic E-state index is 0.0429. The van der Waals surface area contributed by atoms with Crippen LogP contribution in [0.4, 0.5) is 0 Å². The maximum absolute atomic E-state index is 12.3. The third kappa shape index (κ3) is 15.4. The van der Waals surface area contributed by atoms with Crippen LogP contribution in [0.15, 0.2) is 12.7 Å². The average molecular weight is 459 g/mol. The number of aliphatic hydroxyl groups is 1. The molecule has 0 aliphatic rings. The molecule has 0 bridgehead atoms. The standard InChI is InChI=1S/C23H38O9/c1-7-21(26)29-10-11-30-22(27)8-9-23(28)32-19(14-20(25)16(4)5)13-18(12-15(2)3)31-17(6)24/h7,15-16,18-20,25H,1,8-14H2,2-6H3. The lowest BCUT2D eigenvalue weighted by Crippen LogP contribution is -2.32. The molecule has 0 amide bonds. The maximum atomic E-state index is 12.3. The molecule has 32 heavy (non-hydrogen) atoms. The molecule has 0 saturated heterocycles. The average Bonchev–Trinajstić information content (AvgIpc) is 2.68. The molecule has 3 atom stereocenters. The van der Waals surface area contributed by atoms with Crippen LogP contribution < -0.4 is 0 Å². The molecule has 0 aliphatic carbocycles. The zero-order chi connectivity index (χ0) is 24.7. The van der Waals surface area contributed by atoms with E-state index < -0.39 is 42.2 Å². The SMILES string of the molecule is C=CC(=O)OCCOC(=O)CCC(=O)OC(CC(CC(C)C)OC(C)=O)CC(O)C(C)C. The van der Waals surface area contributed by atoms with E-state index in [1.54, 1.807) is 0 Å². The minimum atomic E-state index is -0.701. The molecular weight excluding hydrogens is 420 g/mol. The molecule has 0 aromatic heterocycles.